The molecule has 6 heterocycles. The zero-order valence-corrected chi connectivity index (χ0v) is 31.6. The van der Waals surface area contributed by atoms with Crippen molar-refractivity contribution in [3.05, 3.63) is 28.9 Å². The van der Waals surface area contributed by atoms with E-state index in [9.17, 15) is 24.6 Å². The van der Waals surface area contributed by atoms with Gasteiger partial charge in [0, 0.05) is 48.1 Å². The highest BCUT2D eigenvalue weighted by Crippen LogP contribution is 2.35. The topological polar surface area (TPSA) is 292 Å². The highest BCUT2D eigenvalue weighted by atomic mass is 32.2. The van der Waals surface area contributed by atoms with Gasteiger partial charge < -0.3 is 35.3 Å². The summed E-state index contributed by atoms with van der Waals surface area (Å²) < 4.78 is 13.3. The SMILES string of the molecule is CC1CC(C2CC(N=[N+]=[N-])C(CO)O2)C(=O)NC1=O.CC[C@@H]1O[C@H](N2CCC(=N)NC2=O)CS1.Nc1nc(NC2CC2)c2ncn([C@H]3C=C[C@@H](CO)C3)c2n1. The molecular weight excluding hydrogens is 735 g/mol. The number of azide groups is 1. The van der Waals surface area contributed by atoms with E-state index in [1.165, 1.54) is 0 Å². The molecule has 8 N–H and O–H groups in total. The maximum Gasteiger partial charge on any atom is 0.324 e. The molecule has 2 aromatic heterocycles. The van der Waals surface area contributed by atoms with Crippen LogP contribution in [0.2, 0.25) is 0 Å². The number of aliphatic hydroxyl groups excluding tert-OH is 2. The average molecular weight is 784 g/mol. The number of carbonyl (C=O) groups excluding carboxylic acids is 3. The number of hydrogen-bond donors (Lipinski definition) is 7. The fourth-order valence-corrected chi connectivity index (χ4v) is 8.19. The van der Waals surface area contributed by atoms with Crippen molar-refractivity contribution in [2.75, 3.05) is 36.6 Å². The third-order valence-corrected chi connectivity index (χ3v) is 11.6. The lowest BCUT2D eigenvalue weighted by atomic mass is 9.85. The van der Waals surface area contributed by atoms with Crippen LogP contribution in [0, 0.1) is 23.2 Å². The zero-order chi connectivity index (χ0) is 39.2. The maximum atomic E-state index is 11.8. The average Bonchev–Trinajstić information content (AvgIpc) is 3.57. The van der Waals surface area contributed by atoms with Crippen LogP contribution >= 0.6 is 11.8 Å². The van der Waals surface area contributed by atoms with Gasteiger partial charge in [-0.1, -0.05) is 31.1 Å². The summed E-state index contributed by atoms with van der Waals surface area (Å²) in [7, 11) is 0. The van der Waals surface area contributed by atoms with Gasteiger partial charge in [-0.2, -0.15) is 9.97 Å². The highest BCUT2D eigenvalue weighted by Gasteiger charge is 2.44. The normalized spacial score (nSPS) is 31.6. The molecule has 4 saturated heterocycles. The number of nitrogens with one attached hydrogen (secondary N) is 4. The molecule has 0 bridgehead atoms. The standard InChI is InChI=1S/C14H18N6O.C11H16N4O4.C9H15N3O2S/c15-14-18-12(17-9-2-3-9)11-13(19-14)20(7-16-11)10-4-1-8(5-10)6-21;1-5-2-6(11(18)13-10(5)17)8-3-7(14-15-12)9(4-16)19-8;1-2-8-14-7(5-15-8)12-4-3-6(10)11-9(12)13/h1,4,7-10,21H,2-3,5-6H2,(H3,15,17,18,19);5-9,16H,2-4H2,1H3,(H,13,17,18);7-8H,2-5H2,1H3,(H2,10,11,13)/t8-,10+;;7-,8+/m1.0/s1. The van der Waals surface area contributed by atoms with Gasteiger partial charge in [-0.05, 0) is 44.1 Å². The van der Waals surface area contributed by atoms with Crippen molar-refractivity contribution in [2.45, 2.75) is 101 Å². The predicted octanol–water partition coefficient (Wildman–Crippen LogP) is 2.41. The molecule has 9 atom stereocenters. The van der Waals surface area contributed by atoms with E-state index in [2.05, 4.69) is 53.9 Å². The number of nitrogens with two attached hydrogens (primary N) is 1. The molecule has 5 unspecified atom stereocenters. The molecule has 8 rings (SSSR count). The van der Waals surface area contributed by atoms with Crippen LogP contribution < -0.4 is 21.7 Å². The molecule has 298 valence electrons. The van der Waals surface area contributed by atoms with Gasteiger partial charge in [0.2, 0.25) is 17.8 Å². The van der Waals surface area contributed by atoms with Crippen LogP contribution in [0.1, 0.15) is 64.8 Å². The Labute approximate surface area is 321 Å². The number of hydrogen-bond acceptors (Lipinski definition) is 15. The van der Waals surface area contributed by atoms with Crippen molar-refractivity contribution in [1.82, 2.24) is 35.1 Å². The number of piperidine rings is 1. The molecule has 0 aromatic carbocycles. The third kappa shape index (κ3) is 9.65. The second kappa shape index (κ2) is 17.9. The van der Waals surface area contributed by atoms with E-state index in [0.717, 1.165) is 48.4 Å². The number of fused-ring (bicyclic) bond motifs is 1. The number of rotatable bonds is 9. The van der Waals surface area contributed by atoms with Gasteiger partial charge in [0.25, 0.3) is 0 Å². The summed E-state index contributed by atoms with van der Waals surface area (Å²) in [4.78, 5) is 52.2. The molecule has 21 heteroatoms. The van der Waals surface area contributed by atoms with Crippen molar-refractivity contribution >= 4 is 58.4 Å². The summed E-state index contributed by atoms with van der Waals surface area (Å²) in [5, 5.41) is 37.6. The number of carbonyl (C=O) groups is 3. The Kier molecular flexibility index (Phi) is 13.1. The zero-order valence-electron chi connectivity index (χ0n) is 30.8. The van der Waals surface area contributed by atoms with Gasteiger partial charge in [0.1, 0.15) is 17.5 Å². The number of nitrogens with zero attached hydrogens (tertiary/aromatic N) is 8. The molecule has 5 fully saturated rings. The summed E-state index contributed by atoms with van der Waals surface area (Å²) in [5.41, 5.74) is 16.0. The molecule has 2 aliphatic carbocycles. The second-order valence-electron chi connectivity index (χ2n) is 14.4. The number of imidazole rings is 1. The van der Waals surface area contributed by atoms with Crippen molar-refractivity contribution in [1.29, 1.82) is 5.41 Å². The number of allylic oxidation sites excluding steroid dienone is 1. The van der Waals surface area contributed by atoms with Gasteiger partial charge in [-0.15, -0.1) is 11.8 Å². The first-order valence-electron chi connectivity index (χ1n) is 18.6. The predicted molar refractivity (Wildman–Crippen MR) is 202 cm³/mol. The number of aromatic nitrogens is 4. The first-order chi connectivity index (χ1) is 26.5. The number of thioether (sulfide) groups is 1. The Balaban J connectivity index is 0.000000142. The second-order valence-corrected chi connectivity index (χ2v) is 15.6. The van der Waals surface area contributed by atoms with Crippen molar-refractivity contribution < 1.29 is 34.1 Å². The first-order valence-corrected chi connectivity index (χ1v) is 19.7. The van der Waals surface area contributed by atoms with Crippen LogP contribution in [0.25, 0.3) is 21.6 Å². The largest absolute Gasteiger partial charge is 0.396 e. The van der Waals surface area contributed by atoms with Crippen LogP contribution in [0.5, 0.6) is 0 Å². The molecular formula is C34H49N13O7S. The van der Waals surface area contributed by atoms with Gasteiger partial charge in [-0.3, -0.25) is 30.5 Å². The van der Waals surface area contributed by atoms with Crippen LogP contribution in [-0.2, 0) is 19.1 Å². The molecule has 20 nitrogen and oxygen atoms in total. The molecule has 4 aliphatic heterocycles. The number of amides is 4. The number of nitrogen functional groups attached to an aromatic ring is 1. The quantitative estimate of drug-likeness (QED) is 0.0633. The van der Waals surface area contributed by atoms with Crippen molar-refractivity contribution in [3.63, 3.8) is 0 Å². The van der Waals surface area contributed by atoms with Crippen molar-refractivity contribution in [2.24, 2.45) is 22.9 Å². The first kappa shape index (κ1) is 40.1. The summed E-state index contributed by atoms with van der Waals surface area (Å²) in [6.07, 6.45) is 10.3. The van der Waals surface area contributed by atoms with Gasteiger partial charge in [0.15, 0.2) is 17.0 Å². The Morgan fingerprint density at radius 3 is 2.58 bits per heavy atom. The summed E-state index contributed by atoms with van der Waals surface area (Å²) in [5.74, 6) is 0.991. The van der Waals surface area contributed by atoms with Gasteiger partial charge >= 0.3 is 6.03 Å². The summed E-state index contributed by atoms with van der Waals surface area (Å²) in [6, 6.07) is -0.0256. The minimum absolute atomic E-state index is 0.118. The minimum Gasteiger partial charge on any atom is -0.396 e. The molecule has 1 saturated carbocycles. The van der Waals surface area contributed by atoms with Crippen molar-refractivity contribution in [3.8, 4) is 0 Å². The molecule has 0 spiro atoms. The van der Waals surface area contributed by atoms with Crippen LogP contribution in [0.15, 0.2) is 23.6 Å². The lowest BCUT2D eigenvalue weighted by Gasteiger charge is -2.31. The number of amidine groups is 1. The maximum absolute atomic E-state index is 11.8. The van der Waals surface area contributed by atoms with Gasteiger partial charge in [-0.25, -0.2) is 9.78 Å². The summed E-state index contributed by atoms with van der Waals surface area (Å²) in [6.45, 7) is 4.32. The molecule has 6 aliphatic rings. The van der Waals surface area contributed by atoms with E-state index >= 15 is 0 Å². The van der Waals surface area contributed by atoms with E-state index in [4.69, 9.17) is 26.1 Å². The molecule has 55 heavy (non-hydrogen) atoms. The number of imide groups is 1. The Morgan fingerprint density at radius 1 is 1.13 bits per heavy atom. The van der Waals surface area contributed by atoms with Crippen LogP contribution in [-0.4, -0.2) is 120 Å². The van der Waals surface area contributed by atoms with Crippen LogP contribution in [0.4, 0.5) is 16.6 Å². The lowest BCUT2D eigenvalue weighted by Crippen LogP contribution is -2.54. The monoisotopic (exact) mass is 783 g/mol. The lowest BCUT2D eigenvalue weighted by molar-refractivity contribution is -0.144. The number of urea groups is 1. The van der Waals surface area contributed by atoms with E-state index in [1.54, 1.807) is 29.9 Å². The van der Waals surface area contributed by atoms with E-state index in [0.29, 0.717) is 37.7 Å². The van der Waals surface area contributed by atoms with Gasteiger partial charge in [0.05, 0.1) is 43.1 Å². The number of aliphatic hydroxyl groups is 2. The highest BCUT2D eigenvalue weighted by molar-refractivity contribution is 8.00. The fourth-order valence-electron chi connectivity index (χ4n) is 7.11. The summed E-state index contributed by atoms with van der Waals surface area (Å²) >= 11 is 1.75. The Hall–Kier alpha value is -4.53. The fraction of sp³-hybridized carbons (Fsp3) is 0.676. The minimum atomic E-state index is -0.582. The number of anilines is 2. The molecule has 4 amide bonds. The molecule has 2 aromatic rings. The molecule has 0 radical (unpaired) electrons. The van der Waals surface area contributed by atoms with E-state index in [-0.39, 0.29) is 66.5 Å². The van der Waals surface area contributed by atoms with E-state index in [1.807, 2.05) is 10.6 Å². The smallest absolute Gasteiger partial charge is 0.324 e. The third-order valence-electron chi connectivity index (χ3n) is 10.4. The number of ether oxygens (including phenoxy) is 2. The Bertz CT molecular complexity index is 1820. The van der Waals surface area contributed by atoms with Crippen LogP contribution in [0.3, 0.4) is 0 Å². The Morgan fingerprint density at radius 2 is 1.93 bits per heavy atom. The van der Waals surface area contributed by atoms with E-state index < -0.39 is 24.2 Å².